The first-order valence-electron chi connectivity index (χ1n) is 5.04. The summed E-state index contributed by atoms with van der Waals surface area (Å²) in [6, 6.07) is 4.37. The smallest absolute Gasteiger partial charge is 0.266 e. The molecular weight excluding hydrogens is 435 g/mol. The molecule has 0 bridgehead atoms. The molecule has 0 spiro atoms. The fourth-order valence-corrected chi connectivity index (χ4v) is 4.66. The molecular formula is C10H7Br2ClN4O2S. The summed E-state index contributed by atoms with van der Waals surface area (Å²) in [6.07, 6.45) is 1.15. The van der Waals surface area contributed by atoms with Crippen molar-refractivity contribution < 1.29 is 8.42 Å². The normalized spacial score (nSPS) is 11.3. The molecule has 1 aromatic carbocycles. The second-order valence-corrected chi connectivity index (χ2v) is 7.41. The van der Waals surface area contributed by atoms with Crippen LogP contribution >= 0.6 is 43.5 Å². The fraction of sp³-hybridized carbons (Fsp3) is 0. The van der Waals surface area contributed by atoms with Crippen molar-refractivity contribution in [1.29, 1.82) is 0 Å². The van der Waals surface area contributed by atoms with Crippen LogP contribution in [0.25, 0.3) is 0 Å². The minimum absolute atomic E-state index is 0.0548. The van der Waals surface area contributed by atoms with E-state index in [-0.39, 0.29) is 21.6 Å². The zero-order chi connectivity index (χ0) is 14.9. The summed E-state index contributed by atoms with van der Waals surface area (Å²) in [5.41, 5.74) is 5.85. The van der Waals surface area contributed by atoms with E-state index in [9.17, 15) is 8.42 Å². The minimum Gasteiger partial charge on any atom is -0.398 e. The first-order chi connectivity index (χ1) is 9.29. The molecule has 2 rings (SSSR count). The third-order valence-corrected chi connectivity index (χ3v) is 5.20. The van der Waals surface area contributed by atoms with Crippen LogP contribution in [0.4, 0.5) is 11.5 Å². The lowest BCUT2D eigenvalue weighted by molar-refractivity contribution is 0.601. The Morgan fingerprint density at radius 2 is 1.90 bits per heavy atom. The molecule has 0 aliphatic heterocycles. The Morgan fingerprint density at radius 3 is 2.50 bits per heavy atom. The van der Waals surface area contributed by atoms with Crippen LogP contribution in [0.15, 0.2) is 38.4 Å². The van der Waals surface area contributed by atoms with Gasteiger partial charge in [0.25, 0.3) is 10.0 Å². The van der Waals surface area contributed by atoms with E-state index in [1.54, 1.807) is 6.07 Å². The molecule has 2 aromatic rings. The number of hydrogen-bond acceptors (Lipinski definition) is 5. The molecule has 0 unspecified atom stereocenters. The van der Waals surface area contributed by atoms with Gasteiger partial charge in [-0.05, 0) is 28.1 Å². The van der Waals surface area contributed by atoms with Gasteiger partial charge >= 0.3 is 0 Å². The molecule has 10 heteroatoms. The number of nitrogens with zero attached hydrogens (tertiary/aromatic N) is 2. The first kappa shape index (κ1) is 15.5. The topological polar surface area (TPSA) is 98.0 Å². The van der Waals surface area contributed by atoms with E-state index < -0.39 is 10.0 Å². The van der Waals surface area contributed by atoms with Crippen LogP contribution in [0.5, 0.6) is 0 Å². The Labute approximate surface area is 137 Å². The standard InChI is InChI=1S/C10H7Br2ClN4O2S/c11-5-1-6(12)10(7(14)2-5)20(18,19)17-9-3-8(13)15-4-16-9/h1-4H,14H2,(H,15,16,17). The first-order valence-corrected chi connectivity index (χ1v) is 8.49. The molecule has 0 atom stereocenters. The van der Waals surface area contributed by atoms with Crippen LogP contribution in [-0.4, -0.2) is 18.4 Å². The van der Waals surface area contributed by atoms with E-state index in [0.717, 1.165) is 6.33 Å². The van der Waals surface area contributed by atoms with E-state index in [1.807, 2.05) is 0 Å². The molecule has 0 radical (unpaired) electrons. The number of hydrogen-bond donors (Lipinski definition) is 2. The maximum atomic E-state index is 12.3. The van der Waals surface area contributed by atoms with Gasteiger partial charge in [-0.15, -0.1) is 0 Å². The number of anilines is 2. The Hall–Kier alpha value is -0.900. The molecule has 0 saturated heterocycles. The van der Waals surface area contributed by atoms with Crippen molar-refractivity contribution in [3.63, 3.8) is 0 Å². The molecule has 20 heavy (non-hydrogen) atoms. The Kier molecular flexibility index (Phi) is 4.52. The van der Waals surface area contributed by atoms with Crippen molar-refractivity contribution >= 4 is 65.0 Å². The number of benzene rings is 1. The van der Waals surface area contributed by atoms with Crippen LogP contribution in [0, 0.1) is 0 Å². The quantitative estimate of drug-likeness (QED) is 0.563. The molecule has 0 aliphatic carbocycles. The summed E-state index contributed by atoms with van der Waals surface area (Å²) in [5, 5.41) is 0.126. The second kappa shape index (κ2) is 5.84. The highest BCUT2D eigenvalue weighted by Gasteiger charge is 2.22. The highest BCUT2D eigenvalue weighted by molar-refractivity contribution is 9.11. The van der Waals surface area contributed by atoms with Gasteiger partial charge in [-0.3, -0.25) is 4.72 Å². The van der Waals surface area contributed by atoms with Gasteiger partial charge in [0.1, 0.15) is 22.2 Å². The highest BCUT2D eigenvalue weighted by atomic mass is 79.9. The Balaban J connectivity index is 2.46. The average Bonchev–Trinajstić information content (AvgIpc) is 2.25. The van der Waals surface area contributed by atoms with Gasteiger partial charge in [-0.2, -0.15) is 0 Å². The van der Waals surface area contributed by atoms with Gasteiger partial charge in [0.2, 0.25) is 0 Å². The van der Waals surface area contributed by atoms with E-state index in [2.05, 4.69) is 46.5 Å². The van der Waals surface area contributed by atoms with Gasteiger partial charge in [0.15, 0.2) is 0 Å². The van der Waals surface area contributed by atoms with Crippen LogP contribution in [0.1, 0.15) is 0 Å². The highest BCUT2D eigenvalue weighted by Crippen LogP contribution is 2.32. The van der Waals surface area contributed by atoms with Gasteiger partial charge in [0, 0.05) is 15.0 Å². The van der Waals surface area contributed by atoms with Crippen molar-refractivity contribution in [2.75, 3.05) is 10.5 Å². The monoisotopic (exact) mass is 440 g/mol. The second-order valence-electron chi connectivity index (χ2n) is 3.64. The largest absolute Gasteiger partial charge is 0.398 e. The van der Waals surface area contributed by atoms with Gasteiger partial charge in [-0.25, -0.2) is 18.4 Å². The van der Waals surface area contributed by atoms with E-state index in [0.29, 0.717) is 8.95 Å². The number of halogens is 3. The molecule has 6 nitrogen and oxygen atoms in total. The summed E-state index contributed by atoms with van der Waals surface area (Å²) >= 11 is 12.1. The molecule has 1 heterocycles. The van der Waals surface area contributed by atoms with Crippen molar-refractivity contribution in [1.82, 2.24) is 9.97 Å². The molecule has 0 amide bonds. The predicted octanol–water partition coefficient (Wildman–Crippen LogP) is 3.04. The van der Waals surface area contributed by atoms with Crippen LogP contribution in [0.3, 0.4) is 0 Å². The lowest BCUT2D eigenvalue weighted by atomic mass is 10.3. The SMILES string of the molecule is Nc1cc(Br)cc(Br)c1S(=O)(=O)Nc1cc(Cl)ncn1. The Morgan fingerprint density at radius 1 is 1.20 bits per heavy atom. The fourth-order valence-electron chi connectivity index (χ4n) is 1.44. The molecule has 0 aliphatic rings. The van der Waals surface area contributed by atoms with Crippen molar-refractivity contribution in [2.24, 2.45) is 0 Å². The van der Waals surface area contributed by atoms with E-state index >= 15 is 0 Å². The van der Waals surface area contributed by atoms with Crippen LogP contribution in [0.2, 0.25) is 5.15 Å². The maximum Gasteiger partial charge on any atom is 0.266 e. The average molecular weight is 443 g/mol. The number of aromatic nitrogens is 2. The third-order valence-electron chi connectivity index (χ3n) is 2.18. The number of rotatable bonds is 3. The van der Waals surface area contributed by atoms with Crippen LogP contribution in [-0.2, 0) is 10.0 Å². The summed E-state index contributed by atoms with van der Waals surface area (Å²) in [6.45, 7) is 0. The third kappa shape index (κ3) is 3.40. The van der Waals surface area contributed by atoms with Crippen molar-refractivity contribution in [2.45, 2.75) is 4.90 Å². The van der Waals surface area contributed by atoms with Gasteiger partial charge in [0.05, 0.1) is 5.69 Å². The zero-order valence-corrected chi connectivity index (χ0v) is 14.4. The summed E-state index contributed by atoms with van der Waals surface area (Å²) in [7, 11) is -3.90. The number of nitrogen functional groups attached to an aromatic ring is 1. The Bertz CT molecular complexity index is 747. The maximum absolute atomic E-state index is 12.3. The number of nitrogens with two attached hydrogens (primary N) is 1. The zero-order valence-electron chi connectivity index (χ0n) is 9.64. The number of nitrogens with one attached hydrogen (secondary N) is 1. The summed E-state index contributed by atoms with van der Waals surface area (Å²) < 4.78 is 27.9. The van der Waals surface area contributed by atoms with Crippen molar-refractivity contribution in [3.05, 3.63) is 38.6 Å². The molecule has 106 valence electrons. The lowest BCUT2D eigenvalue weighted by Gasteiger charge is -2.11. The van der Waals surface area contributed by atoms with Gasteiger partial charge in [-0.1, -0.05) is 27.5 Å². The number of sulfonamides is 1. The lowest BCUT2D eigenvalue weighted by Crippen LogP contribution is -2.16. The molecule has 0 fully saturated rings. The van der Waals surface area contributed by atoms with E-state index in [1.165, 1.54) is 12.1 Å². The molecule has 3 N–H and O–H groups in total. The summed E-state index contributed by atoms with van der Waals surface area (Å²) in [5.74, 6) is 0.0548. The molecule has 1 aromatic heterocycles. The minimum atomic E-state index is -3.90. The van der Waals surface area contributed by atoms with Gasteiger partial charge < -0.3 is 5.73 Å². The predicted molar refractivity (Wildman–Crippen MR) is 84.1 cm³/mol. The van der Waals surface area contributed by atoms with E-state index in [4.69, 9.17) is 17.3 Å². The van der Waals surface area contributed by atoms with Crippen molar-refractivity contribution in [3.8, 4) is 0 Å². The molecule has 0 saturated carbocycles. The van der Waals surface area contributed by atoms with Crippen LogP contribution < -0.4 is 10.5 Å². The summed E-state index contributed by atoms with van der Waals surface area (Å²) in [4.78, 5) is 7.37.